The number of urea groups is 1. The molecule has 0 radical (unpaired) electrons. The highest BCUT2D eigenvalue weighted by molar-refractivity contribution is 6.05. The van der Waals surface area contributed by atoms with Gasteiger partial charge in [0.25, 0.3) is 5.91 Å². The Labute approximate surface area is 261 Å². The zero-order chi connectivity index (χ0) is 30.3. The lowest BCUT2D eigenvalue weighted by Gasteiger charge is -2.22. The van der Waals surface area contributed by atoms with Crippen molar-refractivity contribution in [3.63, 3.8) is 0 Å². The van der Waals surface area contributed by atoms with Crippen LogP contribution in [0.5, 0.6) is 0 Å². The number of hydrogen-bond donors (Lipinski definition) is 3. The smallest absolute Gasteiger partial charge is 0.324 e. The van der Waals surface area contributed by atoms with Gasteiger partial charge in [-0.05, 0) is 72.3 Å². The summed E-state index contributed by atoms with van der Waals surface area (Å²) in [5.41, 5.74) is 6.52. The number of para-hydroxylation sites is 1. The molecule has 2 aromatic heterocycles. The summed E-state index contributed by atoms with van der Waals surface area (Å²) in [4.78, 5) is 38.9. The van der Waals surface area contributed by atoms with E-state index < -0.39 is 12.3 Å². The van der Waals surface area contributed by atoms with Crippen LogP contribution in [0.3, 0.4) is 0 Å². The molecule has 0 saturated carbocycles. The minimum Gasteiger partial charge on any atom is -0.361 e. The fourth-order valence-electron chi connectivity index (χ4n) is 7.16. The second kappa shape index (κ2) is 11.5. The van der Waals surface area contributed by atoms with Crippen molar-refractivity contribution in [3.8, 4) is 0 Å². The maximum absolute atomic E-state index is 13.6. The molecule has 3 aromatic carbocycles. The molecule has 0 bridgehead atoms. The number of H-pyrrole nitrogens is 1. The lowest BCUT2D eigenvalue weighted by atomic mass is 9.99. The Morgan fingerprint density at radius 2 is 1.87 bits per heavy atom. The molecule has 0 aliphatic carbocycles. The van der Waals surface area contributed by atoms with Crippen molar-refractivity contribution in [1.82, 2.24) is 19.8 Å². The highest BCUT2D eigenvalue weighted by Crippen LogP contribution is 2.45. The SMILES string of the molecule is O=C(Nc1cc(C2CCN(Cc3ccccc3)C2)ccn1)Nc1cccc2c1C1OCC(Cc3c[nH]c4ccccc34)N1C2=O. The summed E-state index contributed by atoms with van der Waals surface area (Å²) in [6.45, 7) is 3.36. The van der Waals surface area contributed by atoms with E-state index in [1.165, 1.54) is 11.1 Å². The average Bonchev–Trinajstić information content (AvgIpc) is 3.85. The topological polar surface area (TPSA) is 103 Å². The number of hydrogen-bond acceptors (Lipinski definition) is 5. The van der Waals surface area contributed by atoms with Crippen LogP contribution in [0.4, 0.5) is 16.3 Å². The predicted molar refractivity (Wildman–Crippen MR) is 173 cm³/mol. The van der Waals surface area contributed by atoms with Crippen LogP contribution in [0.25, 0.3) is 10.9 Å². The number of carbonyl (C=O) groups is 2. The number of nitrogens with zero attached hydrogens (tertiary/aromatic N) is 3. The molecule has 2 fully saturated rings. The van der Waals surface area contributed by atoms with E-state index in [9.17, 15) is 9.59 Å². The standard InChI is InChI=1S/C36H34N6O3/c43-34-29-10-6-12-31(33(29)35-42(34)27(22-45-35)17-26-19-38-30-11-5-4-9-28(26)30)39-36(44)40-32-18-24(13-15-37-32)25-14-16-41(21-25)20-23-7-2-1-3-8-23/h1-13,15,18-19,25,27,35,38H,14,16-17,20-22H2,(H2,37,39,40,44). The summed E-state index contributed by atoms with van der Waals surface area (Å²) in [7, 11) is 0. The average molecular weight is 599 g/mol. The van der Waals surface area contributed by atoms with Gasteiger partial charge in [0.1, 0.15) is 5.82 Å². The Bertz CT molecular complexity index is 1890. The number of aromatic amines is 1. The third kappa shape index (κ3) is 5.24. The zero-order valence-corrected chi connectivity index (χ0v) is 24.8. The third-order valence-corrected chi connectivity index (χ3v) is 9.31. The van der Waals surface area contributed by atoms with E-state index in [4.69, 9.17) is 4.74 Å². The Kier molecular flexibility index (Phi) is 7.04. The second-order valence-electron chi connectivity index (χ2n) is 12.1. The molecular formula is C36H34N6O3. The highest BCUT2D eigenvalue weighted by atomic mass is 16.5. The molecule has 3 aliphatic rings. The highest BCUT2D eigenvalue weighted by Gasteiger charge is 2.47. The quantitative estimate of drug-likeness (QED) is 0.204. The summed E-state index contributed by atoms with van der Waals surface area (Å²) in [6.07, 6.45) is 4.96. The van der Waals surface area contributed by atoms with Gasteiger partial charge in [-0.3, -0.25) is 15.0 Å². The Morgan fingerprint density at radius 3 is 2.78 bits per heavy atom. The number of anilines is 2. The largest absolute Gasteiger partial charge is 0.361 e. The van der Waals surface area contributed by atoms with Gasteiger partial charge in [-0.25, -0.2) is 9.78 Å². The number of nitrogens with one attached hydrogen (secondary N) is 3. The maximum Gasteiger partial charge on any atom is 0.324 e. The molecule has 3 amide bonds. The number of fused-ring (bicyclic) bond motifs is 4. The van der Waals surface area contributed by atoms with Crippen molar-refractivity contribution in [2.45, 2.75) is 37.6 Å². The van der Waals surface area contributed by atoms with Gasteiger partial charge in [-0.1, -0.05) is 54.6 Å². The van der Waals surface area contributed by atoms with E-state index in [1.54, 1.807) is 18.3 Å². The number of likely N-dealkylation sites (tertiary alicyclic amines) is 1. The molecule has 226 valence electrons. The second-order valence-corrected chi connectivity index (χ2v) is 12.1. The molecular weight excluding hydrogens is 564 g/mol. The van der Waals surface area contributed by atoms with E-state index in [2.05, 4.69) is 55.8 Å². The van der Waals surface area contributed by atoms with Crippen molar-refractivity contribution in [2.24, 2.45) is 0 Å². The molecule has 3 N–H and O–H groups in total. The van der Waals surface area contributed by atoms with Gasteiger partial charge in [0.15, 0.2) is 6.23 Å². The fourth-order valence-corrected chi connectivity index (χ4v) is 7.16. The molecule has 5 aromatic rings. The first-order valence-corrected chi connectivity index (χ1v) is 15.5. The van der Waals surface area contributed by atoms with E-state index in [-0.39, 0.29) is 11.9 Å². The molecule has 3 aliphatic heterocycles. The van der Waals surface area contributed by atoms with Crippen molar-refractivity contribution >= 4 is 34.3 Å². The van der Waals surface area contributed by atoms with E-state index in [1.807, 2.05) is 53.6 Å². The first-order chi connectivity index (χ1) is 22.1. The van der Waals surface area contributed by atoms with Crippen LogP contribution < -0.4 is 10.6 Å². The molecule has 3 unspecified atom stereocenters. The number of amides is 3. The molecule has 9 heteroatoms. The lowest BCUT2D eigenvalue weighted by Crippen LogP contribution is -2.35. The number of ether oxygens (including phenoxy) is 1. The van der Waals surface area contributed by atoms with Crippen LogP contribution in [0, 0.1) is 0 Å². The van der Waals surface area contributed by atoms with Crippen molar-refractivity contribution in [1.29, 1.82) is 0 Å². The van der Waals surface area contributed by atoms with Gasteiger partial charge < -0.3 is 19.9 Å². The summed E-state index contributed by atoms with van der Waals surface area (Å²) in [6, 6.07) is 27.6. The van der Waals surface area contributed by atoms with Gasteiger partial charge in [-0.15, -0.1) is 0 Å². The summed E-state index contributed by atoms with van der Waals surface area (Å²) >= 11 is 0. The van der Waals surface area contributed by atoms with Gasteiger partial charge in [-0.2, -0.15) is 0 Å². The predicted octanol–water partition coefficient (Wildman–Crippen LogP) is 6.29. The monoisotopic (exact) mass is 598 g/mol. The van der Waals surface area contributed by atoms with E-state index in [0.29, 0.717) is 41.6 Å². The summed E-state index contributed by atoms with van der Waals surface area (Å²) < 4.78 is 6.21. The first-order valence-electron chi connectivity index (χ1n) is 15.5. The van der Waals surface area contributed by atoms with Crippen LogP contribution >= 0.6 is 0 Å². The number of aromatic nitrogens is 2. The third-order valence-electron chi connectivity index (χ3n) is 9.31. The van der Waals surface area contributed by atoms with Gasteiger partial charge >= 0.3 is 6.03 Å². The van der Waals surface area contributed by atoms with E-state index in [0.717, 1.165) is 42.5 Å². The van der Waals surface area contributed by atoms with Crippen molar-refractivity contribution in [3.05, 3.63) is 125 Å². The number of rotatable bonds is 7. The van der Waals surface area contributed by atoms with Crippen LogP contribution in [-0.2, 0) is 17.7 Å². The molecule has 45 heavy (non-hydrogen) atoms. The van der Waals surface area contributed by atoms with Crippen molar-refractivity contribution < 1.29 is 14.3 Å². The van der Waals surface area contributed by atoms with Crippen LogP contribution in [0.1, 0.15) is 51.2 Å². The molecule has 5 heterocycles. The van der Waals surface area contributed by atoms with Crippen molar-refractivity contribution in [2.75, 3.05) is 30.3 Å². The minimum absolute atomic E-state index is 0.0753. The normalized spacial score (nSPS) is 20.8. The summed E-state index contributed by atoms with van der Waals surface area (Å²) in [5, 5.41) is 7.03. The summed E-state index contributed by atoms with van der Waals surface area (Å²) in [5.74, 6) is 0.799. The lowest BCUT2D eigenvalue weighted by molar-refractivity contribution is 0.0356. The van der Waals surface area contributed by atoms with Crippen LogP contribution in [0.15, 0.2) is 97.3 Å². The van der Waals surface area contributed by atoms with E-state index >= 15 is 0 Å². The van der Waals surface area contributed by atoms with Crippen LogP contribution in [-0.4, -0.2) is 57.4 Å². The zero-order valence-electron chi connectivity index (χ0n) is 24.8. The Balaban J connectivity index is 0.939. The maximum atomic E-state index is 13.6. The number of benzene rings is 3. The number of carbonyl (C=O) groups excluding carboxylic acids is 2. The molecule has 0 spiro atoms. The fraction of sp³-hybridized carbons (Fsp3) is 0.250. The van der Waals surface area contributed by atoms with Gasteiger partial charge in [0, 0.05) is 47.5 Å². The Hall–Kier alpha value is -4.99. The molecule has 8 rings (SSSR count). The molecule has 2 saturated heterocycles. The Morgan fingerprint density at radius 1 is 1.00 bits per heavy atom. The van der Waals surface area contributed by atoms with Gasteiger partial charge in [0.2, 0.25) is 0 Å². The van der Waals surface area contributed by atoms with Crippen LogP contribution in [0.2, 0.25) is 0 Å². The molecule has 9 nitrogen and oxygen atoms in total. The van der Waals surface area contributed by atoms with Gasteiger partial charge in [0.05, 0.1) is 18.3 Å². The first kappa shape index (κ1) is 27.6. The minimum atomic E-state index is -0.540. The number of pyridine rings is 1. The molecule has 3 atom stereocenters.